The highest BCUT2D eigenvalue weighted by molar-refractivity contribution is 6.39. The Labute approximate surface area is 445 Å². The van der Waals surface area contributed by atoms with Crippen LogP contribution < -0.4 is 0 Å². The van der Waals surface area contributed by atoms with E-state index in [4.69, 9.17) is 28.4 Å². The van der Waals surface area contributed by atoms with Crippen molar-refractivity contribution in [3.8, 4) is 0 Å². The molecule has 0 radical (unpaired) electrons. The van der Waals surface area contributed by atoms with Crippen molar-refractivity contribution in [1.29, 1.82) is 0 Å². The van der Waals surface area contributed by atoms with Gasteiger partial charge in [0.1, 0.15) is 24.4 Å². The maximum Gasteiger partial charge on any atom is 0.329 e. The lowest BCUT2D eigenvalue weighted by molar-refractivity contribution is -0.265. The topological polar surface area (TPSA) is 245 Å². The monoisotopic (exact) mass is 1060 g/mol. The average molecular weight is 1060 g/mol. The van der Waals surface area contributed by atoms with Crippen molar-refractivity contribution in [2.75, 3.05) is 60.7 Å². The Morgan fingerprint density at radius 2 is 1.57 bits per heavy atom. The second kappa shape index (κ2) is 30.8. The normalized spacial score (nSPS) is 34.4. The van der Waals surface area contributed by atoms with E-state index in [-0.39, 0.29) is 81.2 Å². The molecule has 4 rings (SSSR count). The summed E-state index contributed by atoms with van der Waals surface area (Å²) < 4.78 is 35.6. The van der Waals surface area contributed by atoms with Crippen LogP contribution in [-0.4, -0.2) is 181 Å². The van der Waals surface area contributed by atoms with Gasteiger partial charge in [0.2, 0.25) is 5.79 Å². The number of ketones is 3. The number of fused-ring (bicyclic) bond motifs is 3. The standard InChI is InChI=1S/C57H90N2O16/c1-35-16-12-11-13-17-36(2)47(70-8)32-43-21-19-41(7)57(69,75-43)54(66)55(67)59-23-15-14-18-44(59)56(68)74-48(33-45(62)37(3)29-40(6)52(65)53(72-10)51(64)39(5)28-35)38(4)30-42-20-22-46(49(31-42)71-9)73-50(63)34-58(24-26-60)25-27-61/h11-13,16-17,29,35,38-44,46-49,52-53,60-61,65,69H,14-15,18-28,30-34H2,1-10H3/t35-,38-,39-,40?,41-,42+,43+,44+,46-,47+,48+,49-,52-,53+,57-/m1/s1. The number of methoxy groups -OCH3 is 3. The van der Waals surface area contributed by atoms with Crippen molar-refractivity contribution in [1.82, 2.24) is 9.80 Å². The quantitative estimate of drug-likeness (QED) is 0.140. The molecule has 1 amide bonds. The van der Waals surface area contributed by atoms with E-state index in [9.17, 15) is 49.2 Å². The average Bonchev–Trinajstić information content (AvgIpc) is 3.38. The molecule has 2 saturated heterocycles. The van der Waals surface area contributed by atoms with Crippen LogP contribution >= 0.6 is 0 Å². The van der Waals surface area contributed by atoms with Gasteiger partial charge in [-0.05, 0) is 107 Å². The van der Waals surface area contributed by atoms with E-state index in [1.165, 1.54) is 19.1 Å². The summed E-state index contributed by atoms with van der Waals surface area (Å²) in [7, 11) is 4.48. The predicted octanol–water partition coefficient (Wildman–Crippen LogP) is 5.02. The number of Topliss-reactive ketones (excluding diaryl/α,β-unsaturated/α-hetero) is 3. The first-order chi connectivity index (χ1) is 35.6. The van der Waals surface area contributed by atoms with Crippen LogP contribution in [0.5, 0.6) is 0 Å². The summed E-state index contributed by atoms with van der Waals surface area (Å²) in [5.74, 6) is -9.00. The van der Waals surface area contributed by atoms with Gasteiger partial charge in [-0.1, -0.05) is 71.1 Å². The number of rotatable bonds is 13. The van der Waals surface area contributed by atoms with E-state index in [0.29, 0.717) is 64.2 Å². The van der Waals surface area contributed by atoms with Crippen LogP contribution in [0.15, 0.2) is 47.6 Å². The Morgan fingerprint density at radius 1 is 0.867 bits per heavy atom. The van der Waals surface area contributed by atoms with Crippen molar-refractivity contribution in [2.24, 2.45) is 35.5 Å². The zero-order chi connectivity index (χ0) is 55.6. The maximum absolute atomic E-state index is 14.6. The molecule has 0 spiro atoms. The molecule has 1 aliphatic carbocycles. The summed E-state index contributed by atoms with van der Waals surface area (Å²) in [5.41, 5.74) is 1.14. The Hall–Kier alpha value is -3.98. The molecule has 3 aliphatic heterocycles. The predicted molar refractivity (Wildman–Crippen MR) is 280 cm³/mol. The van der Waals surface area contributed by atoms with Gasteiger partial charge in [0.05, 0.1) is 44.2 Å². The Balaban J connectivity index is 1.67. The number of carbonyl (C=O) groups is 6. The van der Waals surface area contributed by atoms with Crippen molar-refractivity contribution in [2.45, 2.75) is 180 Å². The molecule has 4 N–H and O–H groups in total. The number of allylic oxidation sites excluding steroid dienone is 6. The molecule has 3 fully saturated rings. The van der Waals surface area contributed by atoms with Crippen LogP contribution in [0.2, 0.25) is 0 Å². The number of esters is 2. The number of nitrogens with zero attached hydrogens (tertiary/aromatic N) is 2. The molecule has 18 nitrogen and oxygen atoms in total. The number of amides is 1. The highest BCUT2D eigenvalue weighted by atomic mass is 16.6. The summed E-state index contributed by atoms with van der Waals surface area (Å²) in [5, 5.41) is 42.4. The number of hydrogen-bond acceptors (Lipinski definition) is 17. The van der Waals surface area contributed by atoms with Gasteiger partial charge < -0.3 is 53.7 Å². The van der Waals surface area contributed by atoms with E-state index in [1.807, 2.05) is 51.2 Å². The van der Waals surface area contributed by atoms with Crippen LogP contribution in [0.25, 0.3) is 0 Å². The zero-order valence-electron chi connectivity index (χ0n) is 46.4. The van der Waals surface area contributed by atoms with Crippen LogP contribution in [0.1, 0.15) is 126 Å². The molecule has 424 valence electrons. The van der Waals surface area contributed by atoms with E-state index < -0.39 is 102 Å². The Morgan fingerprint density at radius 3 is 2.23 bits per heavy atom. The Kier molecular flexibility index (Phi) is 26.1. The van der Waals surface area contributed by atoms with E-state index in [0.717, 1.165) is 5.57 Å². The molecule has 2 bridgehead atoms. The summed E-state index contributed by atoms with van der Waals surface area (Å²) in [6.07, 6.45) is 10.2. The lowest BCUT2D eigenvalue weighted by Crippen LogP contribution is -2.61. The second-order valence-corrected chi connectivity index (χ2v) is 21.8. The molecule has 0 aromatic rings. The van der Waals surface area contributed by atoms with Crippen LogP contribution in [0.4, 0.5) is 0 Å². The molecule has 18 heteroatoms. The number of carbonyl (C=O) groups excluding carboxylic acids is 6. The number of piperidine rings is 1. The molecule has 75 heavy (non-hydrogen) atoms. The molecule has 3 heterocycles. The summed E-state index contributed by atoms with van der Waals surface area (Å²) >= 11 is 0. The molecular formula is C57H90N2O16. The van der Waals surface area contributed by atoms with Crippen molar-refractivity contribution >= 4 is 35.2 Å². The third-order valence-corrected chi connectivity index (χ3v) is 15.9. The highest BCUT2D eigenvalue weighted by Gasteiger charge is 2.53. The van der Waals surface area contributed by atoms with Gasteiger partial charge >= 0.3 is 11.9 Å². The van der Waals surface area contributed by atoms with E-state index >= 15 is 0 Å². The fraction of sp³-hybridized carbons (Fsp3) is 0.754. The summed E-state index contributed by atoms with van der Waals surface area (Å²) in [6, 6.07) is -1.20. The molecule has 0 aromatic carbocycles. The fourth-order valence-corrected chi connectivity index (χ4v) is 11.2. The molecule has 0 aromatic heterocycles. The minimum Gasteiger partial charge on any atom is -0.460 e. The lowest BCUT2D eigenvalue weighted by Gasteiger charge is -2.42. The summed E-state index contributed by atoms with van der Waals surface area (Å²) in [6.45, 7) is 12.5. The minimum absolute atomic E-state index is 0.00266. The summed E-state index contributed by atoms with van der Waals surface area (Å²) in [4.78, 5) is 87.1. The minimum atomic E-state index is -2.47. The zero-order valence-corrected chi connectivity index (χ0v) is 46.4. The van der Waals surface area contributed by atoms with Crippen LogP contribution in [0, 0.1) is 35.5 Å². The first-order valence-corrected chi connectivity index (χ1v) is 27.3. The first-order valence-electron chi connectivity index (χ1n) is 27.3. The van der Waals surface area contributed by atoms with Crippen LogP contribution in [-0.2, 0) is 57.2 Å². The van der Waals surface area contributed by atoms with Crippen molar-refractivity contribution in [3.63, 3.8) is 0 Å². The van der Waals surface area contributed by atoms with Gasteiger partial charge in [-0.15, -0.1) is 0 Å². The first kappa shape index (κ1) is 63.6. The van der Waals surface area contributed by atoms with E-state index in [2.05, 4.69) is 0 Å². The SMILES string of the molecule is CO[C@H]1C[C@@H]2CC[C@@H](C)[C@@](O)(O2)C(=O)C(=O)N2CCCC[C@H]2C(=O)O[C@H]([C@H](C)C[C@@H]2CC[C@@H](OC(=O)CN(CCO)CCO)[C@H](OC)C2)CC(=O)C(C)=CC(C)[C@@H](O)[C@@H](OC)C(=O)[C@H](C)C[C@H](C)C=CC=CC=C1C. The number of aliphatic hydroxyl groups is 4. The van der Waals surface area contributed by atoms with E-state index in [1.54, 1.807) is 45.8 Å². The van der Waals surface area contributed by atoms with Crippen molar-refractivity contribution < 1.29 is 77.6 Å². The van der Waals surface area contributed by atoms with Crippen LogP contribution in [0.3, 0.4) is 0 Å². The van der Waals surface area contributed by atoms with Gasteiger partial charge in [-0.3, -0.25) is 28.9 Å². The highest BCUT2D eigenvalue weighted by Crippen LogP contribution is 2.38. The molecule has 1 unspecified atom stereocenters. The second-order valence-electron chi connectivity index (χ2n) is 21.8. The fourth-order valence-electron chi connectivity index (χ4n) is 11.2. The molecular weight excluding hydrogens is 969 g/mol. The largest absolute Gasteiger partial charge is 0.460 e. The van der Waals surface area contributed by atoms with Gasteiger partial charge in [0.15, 0.2) is 11.6 Å². The third kappa shape index (κ3) is 18.0. The molecule has 4 aliphatic rings. The van der Waals surface area contributed by atoms with Gasteiger partial charge in [-0.25, -0.2) is 4.79 Å². The Bertz CT molecular complexity index is 2010. The number of cyclic esters (lactones) is 1. The maximum atomic E-state index is 14.6. The van der Waals surface area contributed by atoms with Gasteiger partial charge in [-0.2, -0.15) is 0 Å². The lowest BCUT2D eigenvalue weighted by atomic mass is 9.78. The smallest absolute Gasteiger partial charge is 0.329 e. The molecule has 1 saturated carbocycles. The number of hydrogen-bond donors (Lipinski definition) is 4. The molecule has 15 atom stereocenters. The number of ether oxygens (including phenoxy) is 6. The van der Waals surface area contributed by atoms with Gasteiger partial charge in [0, 0.05) is 71.6 Å². The third-order valence-electron chi connectivity index (χ3n) is 15.9. The number of aliphatic hydroxyl groups excluding tert-OH is 3. The van der Waals surface area contributed by atoms with Crippen molar-refractivity contribution in [3.05, 3.63) is 47.6 Å². The van der Waals surface area contributed by atoms with Gasteiger partial charge in [0.25, 0.3) is 11.7 Å².